The van der Waals surface area contributed by atoms with Crippen LogP contribution in [0.5, 0.6) is 5.75 Å². The van der Waals surface area contributed by atoms with Gasteiger partial charge in [0.25, 0.3) is 0 Å². The highest BCUT2D eigenvalue weighted by atomic mass is 35.5. The number of hydrogen-bond donors (Lipinski definition) is 3. The van der Waals surface area contributed by atoms with E-state index in [0.29, 0.717) is 48.6 Å². The molecule has 3 aromatic rings. The van der Waals surface area contributed by atoms with Gasteiger partial charge >= 0.3 is 0 Å². The molecule has 218 valence electrons. The molecule has 11 heteroatoms. The number of aliphatic hydroxyl groups is 1. The molecule has 0 radical (unpaired) electrons. The number of halogens is 1. The van der Waals surface area contributed by atoms with Crippen LogP contribution < -0.4 is 15.4 Å². The summed E-state index contributed by atoms with van der Waals surface area (Å²) in [5.74, 6) is 1.50. The van der Waals surface area contributed by atoms with Crippen molar-refractivity contribution in [2.75, 3.05) is 37.4 Å². The van der Waals surface area contributed by atoms with Crippen molar-refractivity contribution in [3.8, 4) is 5.75 Å². The lowest BCUT2D eigenvalue weighted by atomic mass is 10.1. The van der Waals surface area contributed by atoms with Crippen molar-refractivity contribution in [3.05, 3.63) is 112 Å². The highest BCUT2D eigenvalue weighted by Gasteiger charge is 2.27. The molecule has 3 heterocycles. The maximum atomic E-state index is 12.8. The molecule has 1 unspecified atom stereocenters. The Morgan fingerprint density at radius 2 is 1.93 bits per heavy atom. The number of amides is 1. The number of pyridine rings is 1. The molecule has 1 amide bonds. The number of ether oxygens (including phenoxy) is 2. The first-order valence-corrected chi connectivity index (χ1v) is 15.3. The molecule has 0 saturated heterocycles. The van der Waals surface area contributed by atoms with Gasteiger partial charge < -0.3 is 30.1 Å². The van der Waals surface area contributed by atoms with Crippen molar-refractivity contribution in [3.63, 3.8) is 0 Å². The highest BCUT2D eigenvalue weighted by molar-refractivity contribution is 8.19. The van der Waals surface area contributed by atoms with E-state index in [1.54, 1.807) is 12.3 Å². The van der Waals surface area contributed by atoms with Crippen LogP contribution in [0.1, 0.15) is 11.3 Å². The zero-order chi connectivity index (χ0) is 29.1. The van der Waals surface area contributed by atoms with Crippen LogP contribution in [-0.2, 0) is 22.7 Å². The number of carbonyl (C=O) groups is 1. The predicted octanol–water partition coefficient (Wildman–Crippen LogP) is 4.53. The van der Waals surface area contributed by atoms with E-state index in [1.807, 2.05) is 60.9 Å². The number of hydrogen-bond acceptors (Lipinski definition) is 8. The number of nitrogens with one attached hydrogen (secondary N) is 2. The van der Waals surface area contributed by atoms with Gasteiger partial charge in [0.15, 0.2) is 0 Å². The van der Waals surface area contributed by atoms with E-state index in [0.717, 1.165) is 27.5 Å². The van der Waals surface area contributed by atoms with Crippen LogP contribution in [0.3, 0.4) is 0 Å². The van der Waals surface area contributed by atoms with Gasteiger partial charge in [-0.15, -0.1) is 10.5 Å². The Labute approximate surface area is 252 Å². The molecule has 2 aliphatic rings. The summed E-state index contributed by atoms with van der Waals surface area (Å²) in [6.45, 7) is 1.91. The van der Waals surface area contributed by atoms with Gasteiger partial charge in [-0.1, -0.05) is 48.0 Å². The predicted molar refractivity (Wildman–Crippen MR) is 169 cm³/mol. The number of fused-ring (bicyclic) bond motifs is 1. The van der Waals surface area contributed by atoms with Crippen molar-refractivity contribution in [1.29, 1.82) is 0 Å². The second-order valence-electron chi connectivity index (χ2n) is 9.37. The molecule has 1 atom stereocenters. The van der Waals surface area contributed by atoms with Crippen LogP contribution in [0.2, 0.25) is 5.02 Å². The number of rotatable bonds is 14. The number of carbonyl (C=O) groups excluding carboxylic acids is 1. The minimum absolute atomic E-state index is 0.0408. The summed E-state index contributed by atoms with van der Waals surface area (Å²) in [5.41, 5.74) is 3.65. The van der Waals surface area contributed by atoms with Gasteiger partial charge in [0.1, 0.15) is 18.2 Å². The average molecular weight is 606 g/mol. The third-order valence-corrected chi connectivity index (χ3v) is 8.59. The van der Waals surface area contributed by atoms with E-state index in [4.69, 9.17) is 31.2 Å². The molecule has 42 heavy (non-hydrogen) atoms. The van der Waals surface area contributed by atoms with Crippen LogP contribution >= 0.6 is 22.1 Å². The lowest BCUT2D eigenvalue weighted by Gasteiger charge is -2.28. The summed E-state index contributed by atoms with van der Waals surface area (Å²) in [6, 6.07) is 21.4. The zero-order valence-corrected chi connectivity index (χ0v) is 24.5. The second kappa shape index (κ2) is 14.8. The lowest BCUT2D eigenvalue weighted by molar-refractivity contribution is -0.118. The van der Waals surface area contributed by atoms with Crippen LogP contribution in [-0.4, -0.2) is 64.3 Å². The van der Waals surface area contributed by atoms with E-state index < -0.39 is 10.5 Å². The van der Waals surface area contributed by atoms with Crippen LogP contribution in [0.15, 0.2) is 101 Å². The van der Waals surface area contributed by atoms with Gasteiger partial charge in [-0.3, -0.25) is 9.78 Å². The van der Waals surface area contributed by atoms with Gasteiger partial charge in [0.05, 0.1) is 47.6 Å². The SMILES string of the molecule is O=C(CS1=C2C(=C(Nc3ccc(OCc4ccccn4)c(Cl)c3)N=CN2Cc2ccccc2)C=C1)NCCOCCO. The fraction of sp³-hybridized carbons (Fsp3) is 0.226. The topological polar surface area (TPSA) is 108 Å². The first kappa shape index (κ1) is 29.5. The summed E-state index contributed by atoms with van der Waals surface area (Å²) in [6.07, 6.45) is 5.57. The fourth-order valence-electron chi connectivity index (χ4n) is 4.36. The monoisotopic (exact) mass is 605 g/mol. The fourth-order valence-corrected chi connectivity index (χ4v) is 6.50. The van der Waals surface area contributed by atoms with Crippen LogP contribution in [0.4, 0.5) is 5.69 Å². The van der Waals surface area contributed by atoms with Crippen LogP contribution in [0.25, 0.3) is 0 Å². The number of anilines is 1. The second-order valence-corrected chi connectivity index (χ2v) is 11.6. The van der Waals surface area contributed by atoms with E-state index >= 15 is 0 Å². The largest absolute Gasteiger partial charge is 0.486 e. The molecular formula is C31H32ClN5O4S. The van der Waals surface area contributed by atoms with Crippen molar-refractivity contribution in [1.82, 2.24) is 15.2 Å². The number of benzene rings is 2. The molecule has 9 nitrogen and oxygen atoms in total. The Morgan fingerprint density at radius 3 is 2.71 bits per heavy atom. The van der Waals surface area contributed by atoms with E-state index in [1.165, 1.54) is 0 Å². The molecule has 0 saturated carbocycles. The maximum absolute atomic E-state index is 12.8. The minimum Gasteiger partial charge on any atom is -0.486 e. The molecule has 1 aromatic heterocycles. The standard InChI is InChI=1S/C31H32ClN5O4S/c32-27-18-24(9-10-28(27)41-20-25-8-4-5-12-33-25)36-30-26-11-17-42(21-29(39)34-13-15-40-16-14-38)31(26)37(22-35-30)19-23-6-2-1-3-7-23/h1-12,17-18,22,36,38H,13-16,19-21H2,(H,34,39). The average Bonchev–Trinajstić information content (AvgIpc) is 3.43. The molecule has 0 fully saturated rings. The molecule has 2 aromatic carbocycles. The quantitative estimate of drug-likeness (QED) is 0.183. The lowest BCUT2D eigenvalue weighted by Crippen LogP contribution is -2.35. The molecule has 2 aliphatic heterocycles. The maximum Gasteiger partial charge on any atom is 0.230 e. The third-order valence-electron chi connectivity index (χ3n) is 6.30. The summed E-state index contributed by atoms with van der Waals surface area (Å²) in [7, 11) is -0.466. The number of aliphatic hydroxyl groups excluding tert-OH is 1. The number of aliphatic imine (C=N–C) groups is 1. The Morgan fingerprint density at radius 1 is 1.07 bits per heavy atom. The molecule has 3 N–H and O–H groups in total. The van der Waals surface area contributed by atoms with E-state index in [-0.39, 0.29) is 19.1 Å². The Balaban J connectivity index is 1.32. The third kappa shape index (κ3) is 7.86. The van der Waals surface area contributed by atoms with Crippen molar-refractivity contribution < 1.29 is 19.4 Å². The van der Waals surface area contributed by atoms with Gasteiger partial charge in [-0.05, 0) is 47.4 Å². The minimum atomic E-state index is -0.466. The van der Waals surface area contributed by atoms with Gasteiger partial charge in [0, 0.05) is 30.5 Å². The van der Waals surface area contributed by atoms with Crippen LogP contribution in [0, 0.1) is 0 Å². The zero-order valence-electron chi connectivity index (χ0n) is 22.9. The van der Waals surface area contributed by atoms with E-state index in [9.17, 15) is 4.79 Å². The van der Waals surface area contributed by atoms with Crippen molar-refractivity contribution >= 4 is 45.0 Å². The smallest absolute Gasteiger partial charge is 0.230 e. The highest BCUT2D eigenvalue weighted by Crippen LogP contribution is 2.36. The molecule has 0 bridgehead atoms. The van der Waals surface area contributed by atoms with Crippen molar-refractivity contribution in [2.45, 2.75) is 13.2 Å². The van der Waals surface area contributed by atoms with Crippen molar-refractivity contribution in [2.24, 2.45) is 4.99 Å². The summed E-state index contributed by atoms with van der Waals surface area (Å²) in [5, 5.41) is 17.7. The first-order chi connectivity index (χ1) is 20.6. The van der Waals surface area contributed by atoms with Gasteiger partial charge in [-0.25, -0.2) is 4.99 Å². The normalized spacial score (nSPS) is 15.6. The Hall–Kier alpha value is -3.96. The molecule has 5 rings (SSSR count). The summed E-state index contributed by atoms with van der Waals surface area (Å²) >= 11 is 6.56. The first-order valence-electron chi connectivity index (χ1n) is 13.5. The molecule has 0 aliphatic carbocycles. The summed E-state index contributed by atoms with van der Waals surface area (Å²) < 4.78 is 11.1. The molecule has 0 spiro atoms. The van der Waals surface area contributed by atoms with Gasteiger partial charge in [-0.2, -0.15) is 0 Å². The van der Waals surface area contributed by atoms with E-state index in [2.05, 4.69) is 38.1 Å². The summed E-state index contributed by atoms with van der Waals surface area (Å²) in [4.78, 5) is 25.0. The Kier molecular flexibility index (Phi) is 10.4. The van der Waals surface area contributed by atoms with Gasteiger partial charge in [0.2, 0.25) is 5.91 Å². The Bertz CT molecular complexity index is 1510. The number of nitrogens with zero attached hydrogens (tertiary/aromatic N) is 3. The molecular weight excluding hydrogens is 574 g/mol. The number of aromatic nitrogens is 1.